The Morgan fingerprint density at radius 3 is 2.75 bits per heavy atom. The van der Waals surface area contributed by atoms with Crippen LogP contribution in [0.5, 0.6) is 10.9 Å². The second-order valence-electron chi connectivity index (χ2n) is 6.91. The second-order valence-corrected chi connectivity index (χ2v) is 7.90. The molecule has 1 aliphatic rings. The van der Waals surface area contributed by atoms with Crippen molar-refractivity contribution in [2.75, 3.05) is 20.2 Å². The van der Waals surface area contributed by atoms with Crippen LogP contribution in [0.15, 0.2) is 24.3 Å². The number of piperidine rings is 1. The molecule has 148 valence electrons. The molecule has 1 aliphatic heterocycles. The predicted molar refractivity (Wildman–Crippen MR) is 108 cm³/mol. The average Bonchev–Trinajstić information content (AvgIpc) is 3.29. The fraction of sp³-hybridized carbons (Fsp3) is 0.450. The van der Waals surface area contributed by atoms with Crippen LogP contribution in [0.3, 0.4) is 0 Å². The Hall–Kier alpha value is -2.61. The van der Waals surface area contributed by atoms with E-state index in [2.05, 4.69) is 10.1 Å². The molecule has 4 rings (SSSR count). The summed E-state index contributed by atoms with van der Waals surface area (Å²) in [5, 5.41) is 5.08. The summed E-state index contributed by atoms with van der Waals surface area (Å²) >= 11 is 1.52. The third-order valence-electron chi connectivity index (χ3n) is 5.07. The minimum absolute atomic E-state index is 0.000770. The number of methoxy groups -OCH3 is 1. The minimum atomic E-state index is 0.000770. The molecule has 7 nitrogen and oxygen atoms in total. The van der Waals surface area contributed by atoms with Gasteiger partial charge >= 0.3 is 0 Å². The number of amides is 1. The Morgan fingerprint density at radius 2 is 2.07 bits per heavy atom. The van der Waals surface area contributed by atoms with Crippen molar-refractivity contribution in [1.82, 2.24) is 19.7 Å². The highest BCUT2D eigenvalue weighted by atomic mass is 32.1. The van der Waals surface area contributed by atoms with Crippen molar-refractivity contribution in [3.05, 3.63) is 35.7 Å². The van der Waals surface area contributed by atoms with Gasteiger partial charge in [0.25, 0.3) is 11.1 Å². The summed E-state index contributed by atoms with van der Waals surface area (Å²) in [6.45, 7) is 6.10. The third kappa shape index (κ3) is 3.69. The van der Waals surface area contributed by atoms with E-state index < -0.39 is 0 Å². The number of thiazole rings is 1. The van der Waals surface area contributed by atoms with Crippen molar-refractivity contribution < 1.29 is 14.3 Å². The van der Waals surface area contributed by atoms with Crippen molar-refractivity contribution >= 4 is 27.5 Å². The maximum atomic E-state index is 12.7. The standard InChI is InChI=1S/C20H24N4O3S/c1-4-24-13(2)11-17(22-24)19(25)23-9-7-14(8-10-23)27-20-21-16-6-5-15(26-3)12-18(16)28-20/h5-6,11-12,14H,4,7-10H2,1-3H3. The zero-order valence-electron chi connectivity index (χ0n) is 16.3. The zero-order valence-corrected chi connectivity index (χ0v) is 17.2. The molecule has 0 saturated carbocycles. The SMILES string of the molecule is CCn1nc(C(=O)N2CCC(Oc3nc4ccc(OC)cc4s3)CC2)cc1C. The first-order valence-electron chi connectivity index (χ1n) is 9.52. The number of ether oxygens (including phenoxy) is 2. The molecule has 0 spiro atoms. The Bertz CT molecular complexity index is 989. The van der Waals surface area contributed by atoms with Gasteiger partial charge in [-0.15, -0.1) is 0 Å². The number of carbonyl (C=O) groups is 1. The lowest BCUT2D eigenvalue weighted by Crippen LogP contribution is -2.42. The van der Waals surface area contributed by atoms with E-state index in [1.54, 1.807) is 7.11 Å². The Kier molecular flexibility index (Phi) is 5.21. The topological polar surface area (TPSA) is 69.5 Å². The summed E-state index contributed by atoms with van der Waals surface area (Å²) in [7, 11) is 1.66. The second kappa shape index (κ2) is 7.79. The van der Waals surface area contributed by atoms with Gasteiger partial charge in [0.05, 0.1) is 17.3 Å². The van der Waals surface area contributed by atoms with Crippen LogP contribution in [-0.4, -0.2) is 51.9 Å². The van der Waals surface area contributed by atoms with Gasteiger partial charge in [-0.3, -0.25) is 9.48 Å². The number of aromatic nitrogens is 3. The maximum absolute atomic E-state index is 12.7. The van der Waals surface area contributed by atoms with Crippen molar-refractivity contribution in [1.29, 1.82) is 0 Å². The van der Waals surface area contributed by atoms with Crippen molar-refractivity contribution in [2.24, 2.45) is 0 Å². The number of nitrogens with zero attached hydrogens (tertiary/aromatic N) is 4. The number of benzene rings is 1. The molecule has 0 bridgehead atoms. The van der Waals surface area contributed by atoms with Gasteiger partial charge in [-0.05, 0) is 38.1 Å². The fourth-order valence-corrected chi connectivity index (χ4v) is 4.39. The van der Waals surface area contributed by atoms with Crippen LogP contribution in [0.1, 0.15) is 35.9 Å². The molecule has 1 saturated heterocycles. The van der Waals surface area contributed by atoms with E-state index in [-0.39, 0.29) is 12.0 Å². The summed E-state index contributed by atoms with van der Waals surface area (Å²) in [4.78, 5) is 19.1. The van der Waals surface area contributed by atoms with Crippen LogP contribution >= 0.6 is 11.3 Å². The Morgan fingerprint density at radius 1 is 1.29 bits per heavy atom. The van der Waals surface area contributed by atoms with E-state index in [1.807, 2.05) is 47.7 Å². The molecule has 0 N–H and O–H groups in total. The Labute approximate surface area is 167 Å². The summed E-state index contributed by atoms with van der Waals surface area (Å²) < 4.78 is 14.3. The van der Waals surface area contributed by atoms with Crippen LogP contribution in [0.25, 0.3) is 10.2 Å². The van der Waals surface area contributed by atoms with Gasteiger partial charge in [0.1, 0.15) is 11.9 Å². The first-order valence-corrected chi connectivity index (χ1v) is 10.3. The van der Waals surface area contributed by atoms with E-state index in [9.17, 15) is 4.79 Å². The van der Waals surface area contributed by atoms with Crippen LogP contribution in [0, 0.1) is 6.92 Å². The molecule has 1 fully saturated rings. The van der Waals surface area contributed by atoms with E-state index in [4.69, 9.17) is 9.47 Å². The monoisotopic (exact) mass is 400 g/mol. The fourth-order valence-electron chi connectivity index (χ4n) is 3.48. The van der Waals surface area contributed by atoms with E-state index in [0.29, 0.717) is 24.0 Å². The molecule has 1 aromatic carbocycles. The normalized spacial score (nSPS) is 15.2. The molecule has 28 heavy (non-hydrogen) atoms. The number of aryl methyl sites for hydroxylation is 2. The molecule has 0 radical (unpaired) electrons. The van der Waals surface area contributed by atoms with Crippen molar-refractivity contribution in [3.63, 3.8) is 0 Å². The molecule has 0 atom stereocenters. The molecule has 2 aromatic heterocycles. The maximum Gasteiger partial charge on any atom is 0.274 e. The minimum Gasteiger partial charge on any atom is -0.497 e. The van der Waals surface area contributed by atoms with Crippen molar-refractivity contribution in [2.45, 2.75) is 39.3 Å². The lowest BCUT2D eigenvalue weighted by atomic mass is 10.1. The lowest BCUT2D eigenvalue weighted by molar-refractivity contribution is 0.0589. The predicted octanol–water partition coefficient (Wildman–Crippen LogP) is 3.51. The highest BCUT2D eigenvalue weighted by Gasteiger charge is 2.27. The van der Waals surface area contributed by atoms with Gasteiger partial charge in [-0.25, -0.2) is 4.98 Å². The molecule has 0 aliphatic carbocycles. The molecule has 1 amide bonds. The lowest BCUT2D eigenvalue weighted by Gasteiger charge is -2.31. The first kappa shape index (κ1) is 18.7. The molecule has 0 unspecified atom stereocenters. The molecule has 3 heterocycles. The van der Waals surface area contributed by atoms with Gasteiger partial charge in [0, 0.05) is 38.2 Å². The number of fused-ring (bicyclic) bond motifs is 1. The highest BCUT2D eigenvalue weighted by molar-refractivity contribution is 7.20. The number of hydrogen-bond acceptors (Lipinski definition) is 6. The molecule has 8 heteroatoms. The molecular weight excluding hydrogens is 376 g/mol. The van der Waals surface area contributed by atoms with Gasteiger partial charge < -0.3 is 14.4 Å². The van der Waals surface area contributed by atoms with E-state index >= 15 is 0 Å². The largest absolute Gasteiger partial charge is 0.497 e. The zero-order chi connectivity index (χ0) is 19.7. The van der Waals surface area contributed by atoms with Gasteiger partial charge in [-0.1, -0.05) is 11.3 Å². The summed E-state index contributed by atoms with van der Waals surface area (Å²) in [5.74, 6) is 0.816. The smallest absolute Gasteiger partial charge is 0.274 e. The van der Waals surface area contributed by atoms with E-state index in [0.717, 1.165) is 41.0 Å². The number of carbonyl (C=O) groups excluding carboxylic acids is 1. The molecule has 3 aromatic rings. The van der Waals surface area contributed by atoms with Crippen LogP contribution < -0.4 is 9.47 Å². The van der Waals surface area contributed by atoms with Gasteiger partial charge in [0.15, 0.2) is 5.69 Å². The average molecular weight is 401 g/mol. The first-order chi connectivity index (χ1) is 13.6. The summed E-state index contributed by atoms with van der Waals surface area (Å²) in [5.41, 5.74) is 2.45. The number of likely N-dealkylation sites (tertiary alicyclic amines) is 1. The Balaban J connectivity index is 1.36. The summed E-state index contributed by atoms with van der Waals surface area (Å²) in [6.07, 6.45) is 1.65. The number of hydrogen-bond donors (Lipinski definition) is 0. The van der Waals surface area contributed by atoms with Crippen LogP contribution in [-0.2, 0) is 6.54 Å². The quantitative estimate of drug-likeness (QED) is 0.655. The van der Waals surface area contributed by atoms with Crippen molar-refractivity contribution in [3.8, 4) is 10.9 Å². The highest BCUT2D eigenvalue weighted by Crippen LogP contribution is 2.32. The third-order valence-corrected chi connectivity index (χ3v) is 5.98. The van der Waals surface area contributed by atoms with E-state index in [1.165, 1.54) is 11.3 Å². The van der Waals surface area contributed by atoms with Crippen LogP contribution in [0.4, 0.5) is 0 Å². The van der Waals surface area contributed by atoms with Gasteiger partial charge in [0.2, 0.25) is 0 Å². The van der Waals surface area contributed by atoms with Crippen LogP contribution in [0.2, 0.25) is 0 Å². The summed E-state index contributed by atoms with van der Waals surface area (Å²) in [6, 6.07) is 7.68. The van der Waals surface area contributed by atoms with Gasteiger partial charge in [-0.2, -0.15) is 5.10 Å². The number of rotatable bonds is 5. The molecular formula is C20H24N4O3S.